The molecule has 6 heteroatoms. The molecule has 0 bridgehead atoms. The minimum absolute atomic E-state index is 0.0776. The molecule has 0 aromatic heterocycles. The Bertz CT molecular complexity index is 514. The van der Waals surface area contributed by atoms with Gasteiger partial charge < -0.3 is 0 Å². The number of hydrogen-bond acceptors (Lipinski definition) is 3. The van der Waals surface area contributed by atoms with Crippen molar-refractivity contribution in [3.8, 4) is 0 Å². The van der Waals surface area contributed by atoms with Gasteiger partial charge in [-0.25, -0.2) is 13.1 Å². The van der Waals surface area contributed by atoms with E-state index in [2.05, 4.69) is 20.7 Å². The highest BCUT2D eigenvalue weighted by Crippen LogP contribution is 2.20. The average Bonchev–Trinajstić information content (AvgIpc) is 2.29. The molecule has 0 aliphatic heterocycles. The van der Waals surface area contributed by atoms with Crippen molar-refractivity contribution in [3.63, 3.8) is 0 Å². The molecule has 100 valence electrons. The smallest absolute Gasteiger partial charge is 0.265 e. The molecule has 18 heavy (non-hydrogen) atoms. The highest BCUT2D eigenvalue weighted by Gasteiger charge is 2.19. The van der Waals surface area contributed by atoms with Crippen molar-refractivity contribution in [1.29, 1.82) is 0 Å². The fraction of sp³-hybridized carbons (Fsp3) is 0.417. The largest absolute Gasteiger partial charge is 0.274 e. The van der Waals surface area contributed by atoms with E-state index < -0.39 is 15.9 Å². The SMILES string of the molecule is CCCCCC(=O)NS(=O)(=O)c1ccccc1Br. The van der Waals surface area contributed by atoms with Crippen LogP contribution in [0.3, 0.4) is 0 Å². The van der Waals surface area contributed by atoms with Crippen LogP contribution >= 0.6 is 15.9 Å². The van der Waals surface area contributed by atoms with Gasteiger partial charge in [0.15, 0.2) is 0 Å². The number of carbonyl (C=O) groups is 1. The standard InChI is InChI=1S/C12H16BrNO3S/c1-2-3-4-9-12(15)14-18(16,17)11-8-6-5-7-10(11)13/h5-8H,2-4,9H2,1H3,(H,14,15). The molecule has 0 fully saturated rings. The van der Waals surface area contributed by atoms with Crippen molar-refractivity contribution in [3.05, 3.63) is 28.7 Å². The number of halogens is 1. The zero-order chi connectivity index (χ0) is 13.6. The number of unbranched alkanes of at least 4 members (excludes halogenated alkanes) is 2. The highest BCUT2D eigenvalue weighted by atomic mass is 79.9. The third-order valence-corrected chi connectivity index (χ3v) is 4.77. The van der Waals surface area contributed by atoms with Gasteiger partial charge in [0.1, 0.15) is 4.90 Å². The Labute approximate surface area is 116 Å². The van der Waals surface area contributed by atoms with E-state index in [1.165, 1.54) is 6.07 Å². The summed E-state index contributed by atoms with van der Waals surface area (Å²) in [6.07, 6.45) is 2.85. The van der Waals surface area contributed by atoms with Crippen LogP contribution in [0.1, 0.15) is 32.6 Å². The zero-order valence-corrected chi connectivity index (χ0v) is 12.6. The summed E-state index contributed by atoms with van der Waals surface area (Å²) in [7, 11) is -3.77. The van der Waals surface area contributed by atoms with Crippen molar-refractivity contribution in [2.24, 2.45) is 0 Å². The highest BCUT2D eigenvalue weighted by molar-refractivity contribution is 9.10. The summed E-state index contributed by atoms with van der Waals surface area (Å²) >= 11 is 3.16. The normalized spacial score (nSPS) is 11.2. The Morgan fingerprint density at radius 2 is 1.94 bits per heavy atom. The lowest BCUT2D eigenvalue weighted by Crippen LogP contribution is -2.30. The molecule has 0 saturated heterocycles. The van der Waals surface area contributed by atoms with Crippen LogP contribution in [0.4, 0.5) is 0 Å². The number of hydrogen-bond donors (Lipinski definition) is 1. The number of rotatable bonds is 6. The molecule has 1 amide bonds. The number of amides is 1. The lowest BCUT2D eigenvalue weighted by Gasteiger charge is -2.08. The third-order valence-electron chi connectivity index (χ3n) is 2.38. The van der Waals surface area contributed by atoms with Gasteiger partial charge >= 0.3 is 0 Å². The van der Waals surface area contributed by atoms with Gasteiger partial charge in [-0.05, 0) is 34.5 Å². The molecule has 0 heterocycles. The number of benzene rings is 1. The van der Waals surface area contributed by atoms with Gasteiger partial charge in [-0.15, -0.1) is 0 Å². The van der Waals surface area contributed by atoms with E-state index in [-0.39, 0.29) is 11.3 Å². The van der Waals surface area contributed by atoms with Crippen LogP contribution in [0, 0.1) is 0 Å². The summed E-state index contributed by atoms with van der Waals surface area (Å²) in [5.74, 6) is -0.459. The second-order valence-electron chi connectivity index (χ2n) is 3.92. The predicted molar refractivity (Wildman–Crippen MR) is 73.6 cm³/mol. The molecule has 0 spiro atoms. The molecule has 1 rings (SSSR count). The quantitative estimate of drug-likeness (QED) is 0.814. The van der Waals surface area contributed by atoms with E-state index in [1.807, 2.05) is 6.92 Å². The number of nitrogens with one attached hydrogen (secondary N) is 1. The van der Waals surface area contributed by atoms with E-state index >= 15 is 0 Å². The zero-order valence-electron chi connectivity index (χ0n) is 10.1. The van der Waals surface area contributed by atoms with Crippen molar-refractivity contribution >= 4 is 31.9 Å². The van der Waals surface area contributed by atoms with Crippen LogP contribution in [0.5, 0.6) is 0 Å². The van der Waals surface area contributed by atoms with Crippen LogP contribution in [0.25, 0.3) is 0 Å². The molecule has 0 aliphatic rings. The molecule has 0 saturated carbocycles. The van der Waals surface area contributed by atoms with Crippen LogP contribution in [0.2, 0.25) is 0 Å². The van der Waals surface area contributed by atoms with Crippen molar-refractivity contribution in [1.82, 2.24) is 4.72 Å². The maximum absolute atomic E-state index is 11.9. The first kappa shape index (κ1) is 15.2. The maximum atomic E-state index is 11.9. The van der Waals surface area contributed by atoms with Gasteiger partial charge in [0.2, 0.25) is 5.91 Å². The topological polar surface area (TPSA) is 63.2 Å². The Kier molecular flexibility index (Phi) is 5.81. The van der Waals surface area contributed by atoms with Gasteiger partial charge in [0.25, 0.3) is 10.0 Å². The Morgan fingerprint density at radius 3 is 2.56 bits per heavy atom. The molecule has 1 aromatic rings. The molecule has 1 aromatic carbocycles. The molecular formula is C12H16BrNO3S. The van der Waals surface area contributed by atoms with E-state index in [0.717, 1.165) is 12.8 Å². The summed E-state index contributed by atoms with van der Waals surface area (Å²) < 4.78 is 26.4. The lowest BCUT2D eigenvalue weighted by atomic mass is 10.2. The molecule has 4 nitrogen and oxygen atoms in total. The second-order valence-corrected chi connectivity index (χ2v) is 6.42. The van der Waals surface area contributed by atoms with Crippen LogP contribution < -0.4 is 4.72 Å². The molecule has 0 unspecified atom stereocenters. The Balaban J connectivity index is 2.71. The fourth-order valence-corrected chi connectivity index (χ4v) is 3.47. The summed E-state index contributed by atoms with van der Waals surface area (Å²) in [4.78, 5) is 11.6. The van der Waals surface area contributed by atoms with Crippen LogP contribution in [-0.2, 0) is 14.8 Å². The van der Waals surface area contributed by atoms with E-state index in [0.29, 0.717) is 10.9 Å². The predicted octanol–water partition coefficient (Wildman–Crippen LogP) is 2.83. The van der Waals surface area contributed by atoms with Gasteiger partial charge in [0.05, 0.1) is 0 Å². The van der Waals surface area contributed by atoms with Gasteiger partial charge in [-0.1, -0.05) is 31.9 Å². The second kappa shape index (κ2) is 6.89. The first-order chi connectivity index (χ1) is 8.47. The minimum atomic E-state index is -3.77. The van der Waals surface area contributed by atoms with Crippen LogP contribution in [-0.4, -0.2) is 14.3 Å². The molecule has 0 aliphatic carbocycles. The minimum Gasteiger partial charge on any atom is -0.274 e. The van der Waals surface area contributed by atoms with Crippen LogP contribution in [0.15, 0.2) is 33.6 Å². The molecule has 0 radical (unpaired) electrons. The summed E-state index contributed by atoms with van der Waals surface area (Å²) in [5, 5.41) is 0. The van der Waals surface area contributed by atoms with Crippen molar-refractivity contribution < 1.29 is 13.2 Å². The van der Waals surface area contributed by atoms with Crippen molar-refractivity contribution in [2.45, 2.75) is 37.5 Å². The lowest BCUT2D eigenvalue weighted by molar-refractivity contribution is -0.119. The summed E-state index contributed by atoms with van der Waals surface area (Å²) in [6.45, 7) is 2.02. The van der Waals surface area contributed by atoms with E-state index in [1.54, 1.807) is 18.2 Å². The average molecular weight is 334 g/mol. The van der Waals surface area contributed by atoms with Gasteiger partial charge in [-0.2, -0.15) is 0 Å². The monoisotopic (exact) mass is 333 g/mol. The van der Waals surface area contributed by atoms with Gasteiger partial charge in [0, 0.05) is 10.9 Å². The number of carbonyl (C=O) groups excluding carboxylic acids is 1. The Morgan fingerprint density at radius 1 is 1.28 bits per heavy atom. The first-order valence-electron chi connectivity index (χ1n) is 5.77. The number of sulfonamides is 1. The third kappa shape index (κ3) is 4.42. The van der Waals surface area contributed by atoms with Gasteiger partial charge in [-0.3, -0.25) is 4.79 Å². The molecule has 0 atom stereocenters. The fourth-order valence-electron chi connectivity index (χ4n) is 1.45. The van der Waals surface area contributed by atoms with E-state index in [9.17, 15) is 13.2 Å². The molecular weight excluding hydrogens is 318 g/mol. The molecule has 1 N–H and O–H groups in total. The van der Waals surface area contributed by atoms with E-state index in [4.69, 9.17) is 0 Å². The summed E-state index contributed by atoms with van der Waals surface area (Å²) in [6, 6.07) is 6.40. The first-order valence-corrected chi connectivity index (χ1v) is 8.05. The Hall–Kier alpha value is -0.880. The van der Waals surface area contributed by atoms with Crippen molar-refractivity contribution in [2.75, 3.05) is 0 Å². The summed E-state index contributed by atoms with van der Waals surface area (Å²) in [5.41, 5.74) is 0. The maximum Gasteiger partial charge on any atom is 0.265 e.